The zero-order chi connectivity index (χ0) is 21.6. The Morgan fingerprint density at radius 2 is 1.90 bits per heavy atom. The summed E-state index contributed by atoms with van der Waals surface area (Å²) in [6, 6.07) is -0.669. The van der Waals surface area contributed by atoms with E-state index in [0.29, 0.717) is 13.0 Å². The van der Waals surface area contributed by atoms with Crippen LogP contribution in [0.2, 0.25) is 0 Å². The number of nitrogens with zero attached hydrogens (tertiary/aromatic N) is 2. The number of carbonyl (C=O) groups is 3. The molecule has 1 unspecified atom stereocenters. The van der Waals surface area contributed by atoms with Crippen LogP contribution in [0.3, 0.4) is 0 Å². The Balaban J connectivity index is 1.56. The molecule has 168 valence electrons. The summed E-state index contributed by atoms with van der Waals surface area (Å²) in [5.74, 6) is -2.40. The van der Waals surface area contributed by atoms with Crippen LogP contribution in [0.4, 0.5) is 0 Å². The summed E-state index contributed by atoms with van der Waals surface area (Å²) in [6.07, 6.45) is 12.4. The molecule has 5 atom stereocenters. The average Bonchev–Trinajstić information content (AvgIpc) is 3.07. The van der Waals surface area contributed by atoms with Gasteiger partial charge in [-0.05, 0) is 25.3 Å². The number of amides is 2. The summed E-state index contributed by atoms with van der Waals surface area (Å²) in [7, 11) is 0. The third-order valence-electron chi connectivity index (χ3n) is 7.52. The Labute approximate surface area is 181 Å². The van der Waals surface area contributed by atoms with E-state index >= 15 is 0 Å². The second kappa shape index (κ2) is 8.06. The Bertz CT molecular complexity index is 819. The van der Waals surface area contributed by atoms with Gasteiger partial charge in [0.25, 0.3) is 0 Å². The lowest BCUT2D eigenvalue weighted by Gasteiger charge is -2.39. The second-order valence-electron chi connectivity index (χ2n) is 9.19. The highest BCUT2D eigenvalue weighted by Crippen LogP contribution is 2.53. The summed E-state index contributed by atoms with van der Waals surface area (Å²) >= 11 is 0. The maximum absolute atomic E-state index is 14.0. The minimum absolute atomic E-state index is 0.0811. The van der Waals surface area contributed by atoms with E-state index in [-0.39, 0.29) is 37.6 Å². The van der Waals surface area contributed by atoms with E-state index in [2.05, 4.69) is 0 Å². The fourth-order valence-electron chi connectivity index (χ4n) is 6.19. The first kappa shape index (κ1) is 20.7. The normalized spacial score (nSPS) is 37.9. The predicted octanol–water partition coefficient (Wildman–Crippen LogP) is 0.794. The highest BCUT2D eigenvalue weighted by atomic mass is 16.6. The van der Waals surface area contributed by atoms with Crippen molar-refractivity contribution in [1.29, 1.82) is 0 Å². The Morgan fingerprint density at radius 3 is 2.68 bits per heavy atom. The number of hydrogen-bond acceptors (Lipinski definition) is 6. The molecule has 8 heteroatoms. The van der Waals surface area contributed by atoms with Crippen molar-refractivity contribution in [2.75, 3.05) is 26.3 Å². The number of cyclic esters (lactones) is 1. The van der Waals surface area contributed by atoms with Crippen LogP contribution in [-0.2, 0) is 23.9 Å². The van der Waals surface area contributed by atoms with Gasteiger partial charge in [0.05, 0.1) is 12.0 Å². The molecule has 0 aromatic heterocycles. The van der Waals surface area contributed by atoms with Gasteiger partial charge in [-0.25, -0.2) is 0 Å². The van der Waals surface area contributed by atoms with E-state index < -0.39 is 35.6 Å². The molecule has 3 fully saturated rings. The monoisotopic (exact) mass is 430 g/mol. The van der Waals surface area contributed by atoms with Crippen LogP contribution in [0.1, 0.15) is 38.5 Å². The molecule has 5 rings (SSSR count). The molecule has 0 radical (unpaired) electrons. The van der Waals surface area contributed by atoms with Crippen LogP contribution in [0.25, 0.3) is 0 Å². The first-order valence-corrected chi connectivity index (χ1v) is 11.5. The highest BCUT2D eigenvalue weighted by molar-refractivity contribution is 5.99. The van der Waals surface area contributed by atoms with Crippen molar-refractivity contribution in [3.8, 4) is 0 Å². The molecule has 2 amide bonds. The molecule has 0 aromatic carbocycles. The zero-order valence-corrected chi connectivity index (χ0v) is 17.7. The Hall–Kier alpha value is -2.19. The number of ether oxygens (including phenoxy) is 2. The van der Waals surface area contributed by atoms with Crippen LogP contribution >= 0.6 is 0 Å². The van der Waals surface area contributed by atoms with Gasteiger partial charge in [-0.3, -0.25) is 14.4 Å². The number of fused-ring (bicyclic) bond motifs is 2. The number of esters is 1. The van der Waals surface area contributed by atoms with Crippen LogP contribution in [-0.4, -0.2) is 82.8 Å². The summed E-state index contributed by atoms with van der Waals surface area (Å²) in [6.45, 7) is 0.810. The zero-order valence-electron chi connectivity index (χ0n) is 17.7. The fourth-order valence-corrected chi connectivity index (χ4v) is 6.19. The average molecular weight is 431 g/mol. The maximum atomic E-state index is 14.0. The van der Waals surface area contributed by atoms with E-state index in [1.165, 1.54) is 6.42 Å². The van der Waals surface area contributed by atoms with Gasteiger partial charge in [0.15, 0.2) is 0 Å². The quantitative estimate of drug-likeness (QED) is 0.523. The number of carbonyl (C=O) groups excluding carboxylic acids is 3. The number of rotatable bonds is 4. The Kier molecular flexibility index (Phi) is 5.38. The van der Waals surface area contributed by atoms with Gasteiger partial charge in [-0.1, -0.05) is 37.5 Å². The predicted molar refractivity (Wildman–Crippen MR) is 110 cm³/mol. The van der Waals surface area contributed by atoms with Crippen LogP contribution in [0, 0.1) is 11.8 Å². The molecule has 2 saturated heterocycles. The number of hydrogen-bond donors (Lipinski definition) is 1. The maximum Gasteiger partial charge on any atom is 0.313 e. The van der Waals surface area contributed by atoms with Gasteiger partial charge in [-0.15, -0.1) is 0 Å². The van der Waals surface area contributed by atoms with E-state index in [9.17, 15) is 19.5 Å². The molecule has 1 spiro atoms. The fraction of sp³-hybridized carbons (Fsp3) is 0.696. The third-order valence-corrected chi connectivity index (χ3v) is 7.52. The van der Waals surface area contributed by atoms with Crippen LogP contribution in [0.15, 0.2) is 24.3 Å². The molecule has 4 heterocycles. The summed E-state index contributed by atoms with van der Waals surface area (Å²) in [4.78, 5) is 43.8. The van der Waals surface area contributed by atoms with Crippen molar-refractivity contribution in [2.45, 2.75) is 62.3 Å². The molecule has 1 aliphatic carbocycles. The molecule has 5 aliphatic rings. The van der Waals surface area contributed by atoms with Gasteiger partial charge in [0.1, 0.15) is 24.2 Å². The summed E-state index contributed by atoms with van der Waals surface area (Å²) in [5.41, 5.74) is -1.19. The highest BCUT2D eigenvalue weighted by Gasteiger charge is 2.71. The lowest BCUT2D eigenvalue weighted by atomic mass is 9.78. The van der Waals surface area contributed by atoms with Crippen LogP contribution < -0.4 is 0 Å². The van der Waals surface area contributed by atoms with Gasteiger partial charge in [0, 0.05) is 25.7 Å². The molecule has 1 saturated carbocycles. The first-order chi connectivity index (χ1) is 15.1. The molecule has 31 heavy (non-hydrogen) atoms. The standard InChI is InChI=1S/C23H30N2O6/c26-13-6-12-25-19-21(28)24(15-7-2-1-3-8-15)11-5-10-23(19)18(20(25)27)17-16(31-23)9-4-14-30-22(17)29/h4-5,9-10,15-19,26H,1-3,6-8,11-14H2/t16-,17+,18-,19?,23-/m0/s1. The van der Waals surface area contributed by atoms with Gasteiger partial charge in [-0.2, -0.15) is 0 Å². The second-order valence-corrected chi connectivity index (χ2v) is 9.19. The lowest BCUT2D eigenvalue weighted by molar-refractivity contribution is -0.153. The molecule has 8 nitrogen and oxygen atoms in total. The SMILES string of the molecule is O=C1OCC=C[C@@H]2O[C@]34C=CCN(C5CCCCC5)C(=O)C3N(CCCO)C(=O)[C@@H]4[C@H]12. The molecular weight excluding hydrogens is 400 g/mol. The van der Waals surface area contributed by atoms with Crippen molar-refractivity contribution >= 4 is 17.8 Å². The van der Waals surface area contributed by atoms with E-state index in [1.54, 1.807) is 17.1 Å². The topological polar surface area (TPSA) is 96.4 Å². The molecule has 0 bridgehead atoms. The lowest BCUT2D eigenvalue weighted by Crippen LogP contribution is -2.57. The van der Waals surface area contributed by atoms with Crippen molar-refractivity contribution in [3.63, 3.8) is 0 Å². The van der Waals surface area contributed by atoms with Gasteiger partial charge < -0.3 is 24.4 Å². The number of aliphatic hydroxyl groups excluding tert-OH is 1. The smallest absolute Gasteiger partial charge is 0.313 e. The van der Waals surface area contributed by atoms with E-state index in [4.69, 9.17) is 9.47 Å². The number of likely N-dealkylation sites (tertiary alicyclic amines) is 1. The Morgan fingerprint density at radius 1 is 1.10 bits per heavy atom. The van der Waals surface area contributed by atoms with Crippen molar-refractivity contribution in [1.82, 2.24) is 9.80 Å². The van der Waals surface area contributed by atoms with Crippen molar-refractivity contribution in [3.05, 3.63) is 24.3 Å². The largest absolute Gasteiger partial charge is 0.461 e. The summed E-state index contributed by atoms with van der Waals surface area (Å²) in [5, 5.41) is 9.39. The minimum Gasteiger partial charge on any atom is -0.461 e. The van der Waals surface area contributed by atoms with Gasteiger partial charge in [0.2, 0.25) is 11.8 Å². The molecule has 1 N–H and O–H groups in total. The third kappa shape index (κ3) is 3.14. The summed E-state index contributed by atoms with van der Waals surface area (Å²) < 4.78 is 11.8. The van der Waals surface area contributed by atoms with E-state index in [0.717, 1.165) is 25.7 Å². The van der Waals surface area contributed by atoms with Crippen LogP contribution in [0.5, 0.6) is 0 Å². The molecule has 0 aromatic rings. The minimum atomic E-state index is -1.19. The first-order valence-electron chi connectivity index (χ1n) is 11.5. The number of aliphatic hydroxyl groups is 1. The van der Waals surface area contributed by atoms with Gasteiger partial charge >= 0.3 is 5.97 Å². The van der Waals surface area contributed by atoms with E-state index in [1.807, 2.05) is 17.1 Å². The molecule has 4 aliphatic heterocycles. The molecular formula is C23H30N2O6. The van der Waals surface area contributed by atoms with Crippen molar-refractivity contribution < 1.29 is 29.0 Å². The van der Waals surface area contributed by atoms with Crippen molar-refractivity contribution in [2.24, 2.45) is 11.8 Å².